The van der Waals surface area contributed by atoms with Crippen molar-refractivity contribution in [3.63, 3.8) is 0 Å². The first-order chi connectivity index (χ1) is 15.0. The number of aromatic nitrogens is 1. The summed E-state index contributed by atoms with van der Waals surface area (Å²) in [5, 5.41) is 9.94. The molecule has 166 valence electrons. The molecule has 1 aromatic heterocycles. The van der Waals surface area contributed by atoms with Gasteiger partial charge in [0.15, 0.2) is 0 Å². The third-order valence-electron chi connectivity index (χ3n) is 4.33. The Hall–Kier alpha value is -2.64. The largest absolute Gasteiger partial charge is 0.493 e. The van der Waals surface area contributed by atoms with E-state index in [1.807, 2.05) is 69.3 Å². The normalized spacial score (nSPS) is 14.2. The van der Waals surface area contributed by atoms with Crippen molar-refractivity contribution in [1.29, 1.82) is 0 Å². The molecule has 0 fully saturated rings. The van der Waals surface area contributed by atoms with Gasteiger partial charge in [-0.15, -0.1) is 0 Å². The molecule has 7 heteroatoms. The Morgan fingerprint density at radius 1 is 1.10 bits per heavy atom. The Morgan fingerprint density at radius 3 is 2.48 bits per heavy atom. The molecule has 0 radical (unpaired) electrons. The van der Waals surface area contributed by atoms with Crippen LogP contribution in [-0.4, -0.2) is 22.5 Å². The molecule has 2 aromatic carbocycles. The summed E-state index contributed by atoms with van der Waals surface area (Å²) >= 11 is 0.368. The van der Waals surface area contributed by atoms with Gasteiger partial charge in [-0.05, 0) is 36.8 Å². The lowest BCUT2D eigenvalue weighted by Gasteiger charge is -2.23. The van der Waals surface area contributed by atoms with Crippen LogP contribution in [0, 0.1) is 6.92 Å². The van der Waals surface area contributed by atoms with E-state index in [-0.39, 0.29) is 0 Å². The molecule has 0 bridgehead atoms. The number of halogens is 2. The number of nitrogens with one attached hydrogen (secondary N) is 1. The van der Waals surface area contributed by atoms with Gasteiger partial charge in [0.2, 0.25) is 0 Å². The van der Waals surface area contributed by atoms with Crippen LogP contribution >= 0.6 is 11.9 Å². The first-order valence-electron chi connectivity index (χ1n) is 10.2. The second-order valence-electron chi connectivity index (χ2n) is 6.40. The number of hydrogen-bond donors (Lipinski definition) is 2. The van der Waals surface area contributed by atoms with Crippen molar-refractivity contribution in [2.75, 3.05) is 11.3 Å². The molecule has 3 aromatic rings. The number of alkyl halides is 2. The number of para-hydroxylation sites is 1. The van der Waals surface area contributed by atoms with Gasteiger partial charge in [-0.25, -0.2) is 0 Å². The van der Waals surface area contributed by atoms with Gasteiger partial charge in [0, 0.05) is 41.4 Å². The van der Waals surface area contributed by atoms with Crippen molar-refractivity contribution in [3.05, 3.63) is 78.1 Å². The molecule has 0 aliphatic carbocycles. The van der Waals surface area contributed by atoms with E-state index in [1.54, 1.807) is 18.3 Å². The summed E-state index contributed by atoms with van der Waals surface area (Å²) in [5.41, 5.74) is 4.11. The molecule has 2 N–H and O–H groups in total. The summed E-state index contributed by atoms with van der Waals surface area (Å²) in [5.74, 6) is -1.84. The molecule has 0 saturated carbocycles. The van der Waals surface area contributed by atoms with E-state index in [4.69, 9.17) is 4.74 Å². The molecule has 4 rings (SSSR count). The maximum Gasteiger partial charge on any atom is 0.302 e. The van der Waals surface area contributed by atoms with Crippen molar-refractivity contribution >= 4 is 17.6 Å². The zero-order valence-corrected chi connectivity index (χ0v) is 18.7. The standard InChI is InChI=1S/C16H15F2NO2S.C6H7N.C2H6/c17-16(18)22-19-13-4-2-1-3-11(13)10-5-6-12-14(20)7-8-21-15(12)9-10;1-6-4-2-3-5-7-6;1-2/h1-6,9,14,16,19-20H,7-8H2;2-5H,1H3;1-2H3/t14-;;/m0../s1. The predicted molar refractivity (Wildman–Crippen MR) is 124 cm³/mol. The maximum atomic E-state index is 12.4. The van der Waals surface area contributed by atoms with Crippen LogP contribution in [0.2, 0.25) is 0 Å². The molecule has 31 heavy (non-hydrogen) atoms. The summed E-state index contributed by atoms with van der Waals surface area (Å²) in [6, 6.07) is 18.6. The van der Waals surface area contributed by atoms with Gasteiger partial charge in [-0.1, -0.05) is 50.2 Å². The number of aliphatic hydroxyl groups is 1. The summed E-state index contributed by atoms with van der Waals surface area (Å²) in [6.07, 6.45) is 1.85. The smallest absolute Gasteiger partial charge is 0.302 e. The van der Waals surface area contributed by atoms with E-state index in [2.05, 4.69) is 9.71 Å². The minimum absolute atomic E-state index is 0.368. The monoisotopic (exact) mass is 446 g/mol. The third-order valence-corrected chi connectivity index (χ3v) is 4.85. The van der Waals surface area contributed by atoms with Crippen LogP contribution in [0.5, 0.6) is 5.75 Å². The van der Waals surface area contributed by atoms with Gasteiger partial charge < -0.3 is 14.6 Å². The number of aliphatic hydroxyl groups excluding tert-OH is 1. The van der Waals surface area contributed by atoms with Crippen molar-refractivity contribution in [3.8, 4) is 16.9 Å². The average Bonchev–Trinajstić information content (AvgIpc) is 2.80. The highest BCUT2D eigenvalue weighted by atomic mass is 32.2. The van der Waals surface area contributed by atoms with Crippen LogP contribution in [0.15, 0.2) is 66.9 Å². The van der Waals surface area contributed by atoms with E-state index in [0.29, 0.717) is 36.4 Å². The number of pyridine rings is 1. The third kappa shape index (κ3) is 7.52. The Kier molecular flexibility index (Phi) is 10.3. The lowest BCUT2D eigenvalue weighted by atomic mass is 9.97. The Balaban J connectivity index is 0.000000319. The van der Waals surface area contributed by atoms with Crippen LogP contribution in [-0.2, 0) is 0 Å². The number of benzene rings is 2. The Morgan fingerprint density at radius 2 is 1.84 bits per heavy atom. The molecule has 2 heterocycles. The number of aryl methyl sites for hydroxylation is 1. The fraction of sp³-hybridized carbons (Fsp3) is 0.292. The fourth-order valence-corrected chi connectivity index (χ4v) is 3.31. The molecular formula is C24H28F2N2O2S. The Labute approximate surface area is 186 Å². The molecule has 1 atom stereocenters. The molecular weight excluding hydrogens is 418 g/mol. The van der Waals surface area contributed by atoms with Crippen LogP contribution in [0.1, 0.15) is 37.6 Å². The summed E-state index contributed by atoms with van der Waals surface area (Å²) in [4.78, 5) is 3.98. The number of rotatable bonds is 4. The summed E-state index contributed by atoms with van der Waals surface area (Å²) in [6.45, 7) is 6.44. The molecule has 0 saturated heterocycles. The number of fused-ring (bicyclic) bond motifs is 1. The molecule has 1 aliphatic rings. The highest BCUT2D eigenvalue weighted by molar-refractivity contribution is 8.00. The molecule has 0 amide bonds. The molecule has 0 unspecified atom stereocenters. The Bertz CT molecular complexity index is 926. The van der Waals surface area contributed by atoms with E-state index in [1.165, 1.54) is 0 Å². The lowest BCUT2D eigenvalue weighted by molar-refractivity contribution is 0.115. The zero-order valence-electron chi connectivity index (χ0n) is 17.9. The van der Waals surface area contributed by atoms with Crippen LogP contribution in [0.25, 0.3) is 11.1 Å². The van der Waals surface area contributed by atoms with Crippen molar-refractivity contribution in [2.45, 2.75) is 39.1 Å². The SMILES string of the molecule is CC.Cc1ccccn1.O[C@H]1CCOc2cc(-c3ccccc3NSC(F)F)ccc21. The zero-order chi connectivity index (χ0) is 22.6. The minimum Gasteiger partial charge on any atom is -0.493 e. The number of nitrogens with zero attached hydrogens (tertiary/aromatic N) is 1. The van der Waals surface area contributed by atoms with Gasteiger partial charge in [0.05, 0.1) is 18.4 Å². The molecule has 1 aliphatic heterocycles. The summed E-state index contributed by atoms with van der Waals surface area (Å²) in [7, 11) is 0. The highest BCUT2D eigenvalue weighted by Crippen LogP contribution is 2.38. The van der Waals surface area contributed by atoms with Crippen molar-refractivity contribution < 1.29 is 18.6 Å². The van der Waals surface area contributed by atoms with Crippen LogP contribution in [0.4, 0.5) is 14.5 Å². The van der Waals surface area contributed by atoms with Crippen LogP contribution < -0.4 is 9.46 Å². The lowest BCUT2D eigenvalue weighted by Crippen LogP contribution is -2.13. The average molecular weight is 447 g/mol. The van der Waals surface area contributed by atoms with E-state index >= 15 is 0 Å². The fourth-order valence-electron chi connectivity index (χ4n) is 2.92. The van der Waals surface area contributed by atoms with Gasteiger partial charge in [0.1, 0.15) is 5.75 Å². The van der Waals surface area contributed by atoms with Crippen LogP contribution in [0.3, 0.4) is 0 Å². The topological polar surface area (TPSA) is 54.4 Å². The van der Waals surface area contributed by atoms with Gasteiger partial charge in [0.25, 0.3) is 0 Å². The van der Waals surface area contributed by atoms with E-state index in [0.717, 1.165) is 22.4 Å². The number of ether oxygens (including phenoxy) is 1. The highest BCUT2D eigenvalue weighted by Gasteiger charge is 2.20. The second-order valence-corrected chi connectivity index (χ2v) is 7.20. The summed E-state index contributed by atoms with van der Waals surface area (Å²) < 4.78 is 33.0. The van der Waals surface area contributed by atoms with Gasteiger partial charge in [-0.2, -0.15) is 8.78 Å². The maximum absolute atomic E-state index is 12.4. The van der Waals surface area contributed by atoms with Crippen molar-refractivity contribution in [1.82, 2.24) is 4.98 Å². The quantitative estimate of drug-likeness (QED) is 0.428. The van der Waals surface area contributed by atoms with Crippen molar-refractivity contribution in [2.24, 2.45) is 0 Å². The molecule has 0 spiro atoms. The van der Waals surface area contributed by atoms with E-state index in [9.17, 15) is 13.9 Å². The first kappa shape index (κ1) is 24.6. The second kappa shape index (κ2) is 12.9. The minimum atomic E-state index is -2.49. The van der Waals surface area contributed by atoms with E-state index < -0.39 is 11.9 Å². The van der Waals surface area contributed by atoms with Gasteiger partial charge in [-0.3, -0.25) is 4.98 Å². The predicted octanol–water partition coefficient (Wildman–Crippen LogP) is 6.87. The number of anilines is 1. The molecule has 4 nitrogen and oxygen atoms in total. The number of hydrogen-bond acceptors (Lipinski definition) is 5. The first-order valence-corrected chi connectivity index (χ1v) is 11.0. The van der Waals surface area contributed by atoms with Gasteiger partial charge >= 0.3 is 5.76 Å².